The quantitative estimate of drug-likeness (QED) is 0.538. The van der Waals surface area contributed by atoms with E-state index in [9.17, 15) is 4.79 Å². The number of aromatic nitrogens is 4. The van der Waals surface area contributed by atoms with Crippen molar-refractivity contribution in [3.63, 3.8) is 0 Å². The minimum absolute atomic E-state index is 0.191. The van der Waals surface area contributed by atoms with Crippen LogP contribution in [0.25, 0.3) is 11.4 Å². The van der Waals surface area contributed by atoms with Crippen LogP contribution < -0.4 is 15.5 Å². The minimum Gasteiger partial charge on any atom is -0.369 e. The molecule has 0 radical (unpaired) electrons. The van der Waals surface area contributed by atoms with E-state index in [1.165, 1.54) is 16.7 Å². The van der Waals surface area contributed by atoms with Crippen LogP contribution in [0, 0.1) is 13.8 Å². The third-order valence-corrected chi connectivity index (χ3v) is 7.96. The van der Waals surface area contributed by atoms with Crippen LogP contribution in [0.5, 0.6) is 0 Å². The van der Waals surface area contributed by atoms with Crippen molar-refractivity contribution < 1.29 is 4.79 Å². The Morgan fingerprint density at radius 3 is 2.47 bits per heavy atom. The molecule has 0 bridgehead atoms. The molecular weight excluding hydrogens is 476 g/mol. The fourth-order valence-corrected chi connectivity index (χ4v) is 5.81. The summed E-state index contributed by atoms with van der Waals surface area (Å²) in [5, 5.41) is 4.76. The molecule has 1 saturated heterocycles. The molecule has 1 aromatic carbocycles. The maximum absolute atomic E-state index is 11.6. The number of nitrogens with two attached hydrogens (primary N) is 1. The predicted octanol–water partition coefficient (Wildman–Crippen LogP) is 3.18. The summed E-state index contributed by atoms with van der Waals surface area (Å²) < 4.78 is 2.00. The van der Waals surface area contributed by atoms with Crippen molar-refractivity contribution in [2.24, 2.45) is 12.8 Å². The summed E-state index contributed by atoms with van der Waals surface area (Å²) in [5.41, 5.74) is 12.4. The van der Waals surface area contributed by atoms with Gasteiger partial charge in [0, 0.05) is 69.4 Å². The summed E-state index contributed by atoms with van der Waals surface area (Å²) in [6.07, 6.45) is 0.849. The van der Waals surface area contributed by atoms with Gasteiger partial charge in [0.1, 0.15) is 11.6 Å². The minimum atomic E-state index is -0.283. The third-order valence-electron chi connectivity index (χ3n) is 7.96. The van der Waals surface area contributed by atoms with Crippen molar-refractivity contribution in [2.45, 2.75) is 59.5 Å². The first-order valence-electron chi connectivity index (χ1n) is 13.6. The number of nitrogens with zero attached hydrogens (tertiary/aromatic N) is 7. The van der Waals surface area contributed by atoms with Gasteiger partial charge in [-0.05, 0) is 37.8 Å². The van der Waals surface area contributed by atoms with Gasteiger partial charge in [0.05, 0.1) is 17.9 Å². The molecule has 1 fully saturated rings. The zero-order chi connectivity index (χ0) is 27.1. The van der Waals surface area contributed by atoms with Gasteiger partial charge in [-0.2, -0.15) is 5.10 Å². The summed E-state index contributed by atoms with van der Waals surface area (Å²) in [6, 6.07) is 8.75. The van der Waals surface area contributed by atoms with Gasteiger partial charge in [0.15, 0.2) is 5.82 Å². The number of rotatable bonds is 6. The average Bonchev–Trinajstić information content (AvgIpc) is 3.26. The van der Waals surface area contributed by atoms with Crippen molar-refractivity contribution >= 4 is 17.5 Å². The molecule has 1 atom stereocenters. The fourth-order valence-electron chi connectivity index (χ4n) is 5.81. The molecule has 2 aromatic heterocycles. The van der Waals surface area contributed by atoms with Crippen molar-refractivity contribution in [1.29, 1.82) is 0 Å². The van der Waals surface area contributed by atoms with Crippen LogP contribution in [0.2, 0.25) is 0 Å². The largest absolute Gasteiger partial charge is 0.369 e. The highest BCUT2D eigenvalue weighted by Gasteiger charge is 2.31. The molecule has 1 amide bonds. The smallest absolute Gasteiger partial charge is 0.231 e. The van der Waals surface area contributed by atoms with Gasteiger partial charge in [-0.15, -0.1) is 0 Å². The molecule has 5 rings (SSSR count). The Morgan fingerprint density at radius 2 is 1.84 bits per heavy atom. The highest BCUT2D eigenvalue weighted by molar-refractivity contribution is 5.76. The number of aryl methyl sites for hydroxylation is 3. The first kappa shape index (κ1) is 26.2. The maximum atomic E-state index is 11.6. The van der Waals surface area contributed by atoms with E-state index in [2.05, 4.69) is 73.6 Å². The Labute approximate surface area is 225 Å². The lowest BCUT2D eigenvalue weighted by molar-refractivity contribution is -0.119. The number of carbonyl (C=O) groups is 1. The van der Waals surface area contributed by atoms with Crippen LogP contribution in [-0.2, 0) is 24.8 Å². The number of benzene rings is 1. The molecule has 9 heteroatoms. The second-order valence-corrected chi connectivity index (χ2v) is 11.2. The summed E-state index contributed by atoms with van der Waals surface area (Å²) in [6.45, 7) is 15.0. The fraction of sp³-hybridized carbons (Fsp3) is 0.517. The highest BCUT2D eigenvalue weighted by atomic mass is 16.1. The monoisotopic (exact) mass is 516 g/mol. The Kier molecular flexibility index (Phi) is 7.13. The first-order valence-corrected chi connectivity index (χ1v) is 13.6. The molecule has 2 aliphatic rings. The van der Waals surface area contributed by atoms with Crippen LogP contribution in [-0.4, -0.2) is 69.3 Å². The Balaban J connectivity index is 1.55. The molecule has 38 heavy (non-hydrogen) atoms. The number of anilines is 2. The summed E-state index contributed by atoms with van der Waals surface area (Å²) >= 11 is 0. The SMILES string of the molecule is Cc1cccc(C)c1-c1nc2c(c(N3CCN(CC(N)=O)C(C)C3)n1)CN(c1cc(C(C)C)nn1C)CC2. The van der Waals surface area contributed by atoms with Crippen molar-refractivity contribution in [3.8, 4) is 11.4 Å². The number of hydrogen-bond acceptors (Lipinski definition) is 7. The van der Waals surface area contributed by atoms with E-state index in [0.29, 0.717) is 5.92 Å². The number of primary amides is 1. The molecular formula is C29H40N8O. The van der Waals surface area contributed by atoms with E-state index in [4.69, 9.17) is 20.8 Å². The van der Waals surface area contributed by atoms with Gasteiger partial charge in [-0.1, -0.05) is 32.0 Å². The standard InChI is InChI=1S/C29H40N8O/c1-18(2)24-14-26(34(6)33-24)36-11-10-23-22(16-36)29(37-13-12-35(17-25(30)38)21(5)15-37)32-28(31-23)27-19(3)8-7-9-20(27)4/h7-9,14,18,21H,10-13,15-17H2,1-6H3,(H2,30,38). The van der Waals surface area contributed by atoms with Crippen molar-refractivity contribution in [3.05, 3.63) is 52.3 Å². The molecule has 0 spiro atoms. The Hall–Kier alpha value is -3.46. The van der Waals surface area contributed by atoms with E-state index in [-0.39, 0.29) is 18.5 Å². The first-order chi connectivity index (χ1) is 18.1. The zero-order valence-electron chi connectivity index (χ0n) is 23.5. The lowest BCUT2D eigenvalue weighted by Crippen LogP contribution is -2.54. The molecule has 3 aromatic rings. The van der Waals surface area contributed by atoms with Gasteiger partial charge < -0.3 is 15.5 Å². The molecule has 202 valence electrons. The van der Waals surface area contributed by atoms with Crippen molar-refractivity contribution in [1.82, 2.24) is 24.6 Å². The van der Waals surface area contributed by atoms with Crippen molar-refractivity contribution in [2.75, 3.05) is 42.5 Å². The summed E-state index contributed by atoms with van der Waals surface area (Å²) in [7, 11) is 2.03. The number of carbonyl (C=O) groups excluding carboxylic acids is 1. The normalized spacial score (nSPS) is 18.2. The number of piperazine rings is 1. The summed E-state index contributed by atoms with van der Waals surface area (Å²) in [4.78, 5) is 29.0. The second-order valence-electron chi connectivity index (χ2n) is 11.2. The van der Waals surface area contributed by atoms with Crippen LogP contribution in [0.4, 0.5) is 11.6 Å². The van der Waals surface area contributed by atoms with E-state index >= 15 is 0 Å². The molecule has 0 saturated carbocycles. The molecule has 4 heterocycles. The average molecular weight is 517 g/mol. The lowest BCUT2D eigenvalue weighted by Gasteiger charge is -2.41. The lowest BCUT2D eigenvalue weighted by atomic mass is 10.00. The molecule has 0 aliphatic carbocycles. The van der Waals surface area contributed by atoms with Gasteiger partial charge in [0.25, 0.3) is 0 Å². The topological polar surface area (TPSA) is 96.4 Å². The van der Waals surface area contributed by atoms with Gasteiger partial charge in [0.2, 0.25) is 5.91 Å². The Bertz CT molecular complexity index is 1330. The Morgan fingerprint density at radius 1 is 1.11 bits per heavy atom. The molecule has 2 aliphatic heterocycles. The van der Waals surface area contributed by atoms with E-state index in [0.717, 1.165) is 73.6 Å². The highest BCUT2D eigenvalue weighted by Crippen LogP contribution is 2.35. The zero-order valence-corrected chi connectivity index (χ0v) is 23.5. The van der Waals surface area contributed by atoms with Crippen LogP contribution >= 0.6 is 0 Å². The predicted molar refractivity (Wildman–Crippen MR) is 151 cm³/mol. The molecule has 1 unspecified atom stereocenters. The van der Waals surface area contributed by atoms with Gasteiger partial charge in [-0.25, -0.2) is 9.97 Å². The van der Waals surface area contributed by atoms with Crippen LogP contribution in [0.1, 0.15) is 54.8 Å². The number of hydrogen-bond donors (Lipinski definition) is 1. The van der Waals surface area contributed by atoms with Gasteiger partial charge in [-0.3, -0.25) is 14.4 Å². The van der Waals surface area contributed by atoms with Crippen LogP contribution in [0.15, 0.2) is 24.3 Å². The third kappa shape index (κ3) is 4.99. The van der Waals surface area contributed by atoms with Gasteiger partial charge >= 0.3 is 0 Å². The van der Waals surface area contributed by atoms with Crippen LogP contribution in [0.3, 0.4) is 0 Å². The summed E-state index contributed by atoms with van der Waals surface area (Å²) in [5.74, 6) is 3.04. The van der Waals surface area contributed by atoms with E-state index in [1.807, 2.05) is 11.7 Å². The molecule has 2 N–H and O–H groups in total. The maximum Gasteiger partial charge on any atom is 0.231 e. The number of fused-ring (bicyclic) bond motifs is 1. The number of amides is 1. The van der Waals surface area contributed by atoms with E-state index < -0.39 is 0 Å². The second kappa shape index (κ2) is 10.4. The van der Waals surface area contributed by atoms with E-state index in [1.54, 1.807) is 0 Å². The molecule has 9 nitrogen and oxygen atoms in total.